The summed E-state index contributed by atoms with van der Waals surface area (Å²) < 4.78 is 29.1. The fourth-order valence-electron chi connectivity index (χ4n) is 1.82. The quantitative estimate of drug-likeness (QED) is 0.855. The average Bonchev–Trinajstić information content (AvgIpc) is 2.25. The molecule has 1 aliphatic rings. The molecule has 1 fully saturated rings. The van der Waals surface area contributed by atoms with Crippen LogP contribution in [0.4, 0.5) is 0 Å². The third-order valence-corrected chi connectivity index (χ3v) is 5.15. The molecule has 1 aliphatic carbocycles. The van der Waals surface area contributed by atoms with Gasteiger partial charge in [0.05, 0.1) is 17.3 Å². The van der Waals surface area contributed by atoms with E-state index in [4.69, 9.17) is 10.5 Å². The smallest absolute Gasteiger partial charge is 0.181 e. The molecule has 0 bridgehead atoms. The third kappa shape index (κ3) is 1.92. The van der Waals surface area contributed by atoms with Gasteiger partial charge in [0, 0.05) is 6.04 Å². The fraction of sp³-hybridized carbons (Fsp3) is 0.455. The first-order valence-electron chi connectivity index (χ1n) is 5.17. The highest BCUT2D eigenvalue weighted by Crippen LogP contribution is 2.31. The lowest BCUT2D eigenvalue weighted by molar-refractivity contribution is 0.408. The Hall–Kier alpha value is -1.07. The lowest BCUT2D eigenvalue weighted by Crippen LogP contribution is -2.44. The van der Waals surface area contributed by atoms with Crippen LogP contribution in [0.1, 0.15) is 12.8 Å². The summed E-state index contributed by atoms with van der Waals surface area (Å²) >= 11 is 0. The van der Waals surface area contributed by atoms with Gasteiger partial charge in [-0.2, -0.15) is 0 Å². The SMILES string of the molecule is COc1ccc(S(=O)(=O)C2CC(N)C2)cc1. The number of methoxy groups -OCH3 is 1. The highest BCUT2D eigenvalue weighted by atomic mass is 32.2. The second kappa shape index (κ2) is 4.07. The number of hydrogen-bond acceptors (Lipinski definition) is 4. The molecule has 0 heterocycles. The molecule has 1 aromatic carbocycles. The van der Waals surface area contributed by atoms with Gasteiger partial charge in [0.15, 0.2) is 9.84 Å². The van der Waals surface area contributed by atoms with Gasteiger partial charge in [-0.25, -0.2) is 8.42 Å². The molecule has 0 radical (unpaired) electrons. The molecule has 2 N–H and O–H groups in total. The van der Waals surface area contributed by atoms with Crippen molar-refractivity contribution in [3.8, 4) is 5.75 Å². The van der Waals surface area contributed by atoms with E-state index in [1.807, 2.05) is 0 Å². The van der Waals surface area contributed by atoms with E-state index in [0.717, 1.165) is 0 Å². The summed E-state index contributed by atoms with van der Waals surface area (Å²) in [4.78, 5) is 0.352. The Kier molecular flexibility index (Phi) is 2.90. The highest BCUT2D eigenvalue weighted by molar-refractivity contribution is 7.92. The van der Waals surface area contributed by atoms with Gasteiger partial charge >= 0.3 is 0 Å². The third-order valence-electron chi connectivity index (χ3n) is 2.96. The van der Waals surface area contributed by atoms with Gasteiger partial charge in [-0.15, -0.1) is 0 Å². The largest absolute Gasteiger partial charge is 0.497 e. The molecule has 0 aliphatic heterocycles. The van der Waals surface area contributed by atoms with E-state index in [1.165, 1.54) is 0 Å². The minimum atomic E-state index is -3.20. The molecule has 0 unspecified atom stereocenters. The molecular formula is C11H15NO3S. The zero-order valence-corrected chi connectivity index (χ0v) is 9.91. The van der Waals surface area contributed by atoms with Crippen LogP contribution in [0, 0.1) is 0 Å². The second-order valence-corrected chi connectivity index (χ2v) is 6.30. The fourth-order valence-corrected chi connectivity index (χ4v) is 3.72. The van der Waals surface area contributed by atoms with Crippen molar-refractivity contribution < 1.29 is 13.2 Å². The molecule has 0 atom stereocenters. The van der Waals surface area contributed by atoms with Gasteiger partial charge in [-0.1, -0.05) is 0 Å². The minimum absolute atomic E-state index is 0.0398. The van der Waals surface area contributed by atoms with Gasteiger partial charge < -0.3 is 10.5 Å². The van der Waals surface area contributed by atoms with Crippen molar-refractivity contribution in [3.05, 3.63) is 24.3 Å². The van der Waals surface area contributed by atoms with E-state index in [2.05, 4.69) is 0 Å². The molecule has 5 heteroatoms. The summed E-state index contributed by atoms with van der Waals surface area (Å²) in [6.45, 7) is 0. The average molecular weight is 241 g/mol. The Bertz CT molecular complexity index is 461. The Balaban J connectivity index is 2.22. The zero-order chi connectivity index (χ0) is 11.8. The first-order chi connectivity index (χ1) is 7.54. The van der Waals surface area contributed by atoms with Crippen LogP contribution in [0.5, 0.6) is 5.75 Å². The van der Waals surface area contributed by atoms with Gasteiger partial charge in [0.2, 0.25) is 0 Å². The van der Waals surface area contributed by atoms with Crippen molar-refractivity contribution >= 4 is 9.84 Å². The first-order valence-corrected chi connectivity index (χ1v) is 6.72. The van der Waals surface area contributed by atoms with Crippen LogP contribution in [0.25, 0.3) is 0 Å². The van der Waals surface area contributed by atoms with Crippen molar-refractivity contribution in [3.63, 3.8) is 0 Å². The van der Waals surface area contributed by atoms with Gasteiger partial charge in [0.25, 0.3) is 0 Å². The summed E-state index contributed by atoms with van der Waals surface area (Å²) in [5.41, 5.74) is 5.60. The van der Waals surface area contributed by atoms with E-state index in [0.29, 0.717) is 23.5 Å². The van der Waals surface area contributed by atoms with E-state index < -0.39 is 9.84 Å². The summed E-state index contributed by atoms with van der Waals surface area (Å²) in [6, 6.07) is 6.52. The van der Waals surface area contributed by atoms with Crippen LogP contribution >= 0.6 is 0 Å². The van der Waals surface area contributed by atoms with E-state index in [1.54, 1.807) is 31.4 Å². The minimum Gasteiger partial charge on any atom is -0.497 e. The Morgan fingerprint density at radius 1 is 1.25 bits per heavy atom. The number of sulfone groups is 1. The van der Waals surface area contributed by atoms with Crippen LogP contribution in [0.2, 0.25) is 0 Å². The van der Waals surface area contributed by atoms with Crippen LogP contribution in [0.15, 0.2) is 29.2 Å². The van der Waals surface area contributed by atoms with Crippen molar-refractivity contribution in [1.29, 1.82) is 0 Å². The maximum absolute atomic E-state index is 12.1. The van der Waals surface area contributed by atoms with Crippen molar-refractivity contribution in [1.82, 2.24) is 0 Å². The Morgan fingerprint density at radius 3 is 2.25 bits per heavy atom. The highest BCUT2D eigenvalue weighted by Gasteiger charge is 2.37. The molecule has 0 spiro atoms. The molecule has 0 aromatic heterocycles. The zero-order valence-electron chi connectivity index (χ0n) is 9.09. The Labute approximate surface area is 95.3 Å². The molecule has 4 nitrogen and oxygen atoms in total. The molecule has 2 rings (SSSR count). The van der Waals surface area contributed by atoms with Crippen LogP contribution in [0.3, 0.4) is 0 Å². The topological polar surface area (TPSA) is 69.4 Å². The van der Waals surface area contributed by atoms with Gasteiger partial charge in [-0.3, -0.25) is 0 Å². The molecule has 88 valence electrons. The maximum atomic E-state index is 12.1. The maximum Gasteiger partial charge on any atom is 0.181 e. The number of nitrogens with two attached hydrogens (primary N) is 1. The van der Waals surface area contributed by atoms with E-state index >= 15 is 0 Å². The van der Waals surface area contributed by atoms with E-state index in [9.17, 15) is 8.42 Å². The Morgan fingerprint density at radius 2 is 1.81 bits per heavy atom. The van der Waals surface area contributed by atoms with Crippen molar-refractivity contribution in [2.75, 3.05) is 7.11 Å². The predicted octanol–water partition coefficient (Wildman–Crippen LogP) is 0.959. The second-order valence-electron chi connectivity index (χ2n) is 4.07. The number of ether oxygens (including phenoxy) is 1. The van der Waals surface area contributed by atoms with E-state index in [-0.39, 0.29) is 11.3 Å². The summed E-state index contributed by atoms with van der Waals surface area (Å²) in [5.74, 6) is 0.657. The lowest BCUT2D eigenvalue weighted by atomic mass is 9.93. The van der Waals surface area contributed by atoms with Crippen LogP contribution in [-0.2, 0) is 9.84 Å². The molecule has 0 saturated heterocycles. The van der Waals surface area contributed by atoms with Crippen LogP contribution < -0.4 is 10.5 Å². The molecule has 0 amide bonds. The van der Waals surface area contributed by atoms with Crippen molar-refractivity contribution in [2.24, 2.45) is 5.73 Å². The first kappa shape index (κ1) is 11.4. The predicted molar refractivity (Wildman–Crippen MR) is 61.2 cm³/mol. The summed E-state index contributed by atoms with van der Waals surface area (Å²) in [5, 5.41) is -0.309. The van der Waals surface area contributed by atoms with Crippen molar-refractivity contribution in [2.45, 2.75) is 29.0 Å². The summed E-state index contributed by atoms with van der Waals surface area (Å²) in [6.07, 6.45) is 1.13. The van der Waals surface area contributed by atoms with Gasteiger partial charge in [-0.05, 0) is 37.1 Å². The molecule has 16 heavy (non-hydrogen) atoms. The molecule has 1 saturated carbocycles. The lowest BCUT2D eigenvalue weighted by Gasteiger charge is -2.31. The molecular weight excluding hydrogens is 226 g/mol. The van der Waals surface area contributed by atoms with Gasteiger partial charge in [0.1, 0.15) is 5.75 Å². The standard InChI is InChI=1S/C11H15NO3S/c1-15-9-2-4-10(5-3-9)16(13,14)11-6-8(12)7-11/h2-5,8,11H,6-7,12H2,1H3. The molecule has 1 aromatic rings. The number of hydrogen-bond donors (Lipinski definition) is 1. The monoisotopic (exact) mass is 241 g/mol. The van der Waals surface area contributed by atoms with Crippen LogP contribution in [-0.4, -0.2) is 26.8 Å². The number of rotatable bonds is 3. The summed E-state index contributed by atoms with van der Waals surface area (Å²) in [7, 11) is -1.65. The number of benzene rings is 1. The normalized spacial score (nSPS) is 24.9.